The summed E-state index contributed by atoms with van der Waals surface area (Å²) in [6.07, 6.45) is -4.57. The fourth-order valence-corrected chi connectivity index (χ4v) is 10.6. The fourth-order valence-electron chi connectivity index (χ4n) is 10.6. The maximum atomic E-state index is 14.3. The minimum atomic E-state index is -4.57. The van der Waals surface area contributed by atoms with Gasteiger partial charge < -0.3 is 9.13 Å². The molecule has 0 atom stereocenters. The zero-order valence-electron chi connectivity index (χ0n) is 40.8. The molecule has 77 heavy (non-hydrogen) atoms. The molecule has 0 aliphatic carbocycles. The van der Waals surface area contributed by atoms with E-state index in [1.807, 2.05) is 109 Å². The number of alkyl halides is 3. The largest absolute Gasteiger partial charge is 0.416 e. The van der Waals surface area contributed by atoms with Gasteiger partial charge in [-0.1, -0.05) is 103 Å². The van der Waals surface area contributed by atoms with Crippen molar-refractivity contribution in [3.8, 4) is 85.2 Å². The molecule has 10 heteroatoms. The Hall–Kier alpha value is -11.0. The predicted molar refractivity (Wildman–Crippen MR) is 299 cm³/mol. The van der Waals surface area contributed by atoms with Crippen LogP contribution >= 0.6 is 0 Å². The third-order valence-corrected chi connectivity index (χ3v) is 14.4. The quantitative estimate of drug-likeness (QED) is 0.149. The van der Waals surface area contributed by atoms with Gasteiger partial charge >= 0.3 is 6.18 Å². The van der Waals surface area contributed by atoms with Gasteiger partial charge in [0.15, 0.2) is 11.4 Å². The van der Waals surface area contributed by atoms with Gasteiger partial charge in [-0.2, -0.15) is 29.0 Å². The topological polar surface area (TPSA) is 89.9 Å². The van der Waals surface area contributed by atoms with E-state index in [9.17, 15) is 29.0 Å². The highest BCUT2D eigenvalue weighted by molar-refractivity contribution is 6.14. The number of nitrogens with zero attached hydrogens (tertiary/aromatic N) is 7. The van der Waals surface area contributed by atoms with Crippen molar-refractivity contribution in [1.82, 2.24) is 9.13 Å². The Morgan fingerprint density at radius 3 is 1.03 bits per heavy atom. The van der Waals surface area contributed by atoms with Gasteiger partial charge in [0.25, 0.3) is 0 Å². The Balaban J connectivity index is 1.17. The van der Waals surface area contributed by atoms with Crippen LogP contribution in [0.25, 0.3) is 120 Å². The van der Waals surface area contributed by atoms with Crippen LogP contribution in [0.15, 0.2) is 200 Å². The molecule has 0 aliphatic rings. The lowest BCUT2D eigenvalue weighted by molar-refractivity contribution is -0.137. The van der Waals surface area contributed by atoms with Crippen LogP contribution in [0.2, 0.25) is 0 Å². The van der Waals surface area contributed by atoms with Crippen LogP contribution < -0.4 is 0 Å². The van der Waals surface area contributed by atoms with Crippen molar-refractivity contribution in [2.24, 2.45) is 0 Å². The Morgan fingerprint density at radius 1 is 0.390 bits per heavy atom. The number of aryl methyl sites for hydroxylation is 1. The van der Waals surface area contributed by atoms with E-state index in [4.69, 9.17) is 13.1 Å². The summed E-state index contributed by atoms with van der Waals surface area (Å²) >= 11 is 0. The number of benzene rings is 10. The Bertz CT molecular complexity index is 4150. The molecule has 0 saturated carbocycles. The predicted octanol–water partition coefficient (Wildman–Crippen LogP) is 18.3. The first-order valence-corrected chi connectivity index (χ1v) is 24.4. The lowest BCUT2D eigenvalue weighted by atomic mass is 9.95. The van der Waals surface area contributed by atoms with Crippen LogP contribution in [0.5, 0.6) is 0 Å². The third-order valence-electron chi connectivity index (χ3n) is 14.4. The van der Waals surface area contributed by atoms with Crippen LogP contribution in [0.3, 0.4) is 0 Å². The van der Waals surface area contributed by atoms with E-state index in [0.717, 1.165) is 100 Å². The summed E-state index contributed by atoms with van der Waals surface area (Å²) in [7, 11) is 0. The molecule has 12 aromatic rings. The molecular formula is C67H36F3N7. The molecule has 0 saturated heterocycles. The summed E-state index contributed by atoms with van der Waals surface area (Å²) in [6.45, 7) is 16.7. The SMILES string of the molecule is [C-]#[N+]c1ccc(-c2ccc3c(c2)c2cc(-c4ccc([N+]#[C-])cc4)ccc2n3-c2cc(-c3ccc(C(F)(F)F)cc3C)cc(-n3c4ccc(-c5ccc(C#N)cc5)cc4c4cc(-c5ccc(C#N)cc5)ccc43)c2C#N)cc1. The summed E-state index contributed by atoms with van der Waals surface area (Å²) in [6, 6.07) is 68.6. The van der Waals surface area contributed by atoms with Crippen molar-refractivity contribution in [2.75, 3.05) is 0 Å². The second-order valence-corrected chi connectivity index (χ2v) is 18.8. The molecule has 0 aliphatic heterocycles. The standard InChI is InChI=1S/C67H36F3N7/c1-40-30-52(67(68,69)70)20-25-55(40)51-35-65(76-61-26-16-47(43-8-4-41(37-71)5-9-43)31-56(61)57-32-48(17-27-62(57)76)44-10-6-42(38-72)7-11-44)60(39-73)66(36-51)77-63-28-18-49(45-12-21-53(74-2)22-13-45)33-58(63)59-34-50(19-29-64(59)77)46-14-23-54(75-3)24-15-46/h4-36H,1H3. The lowest BCUT2D eigenvalue weighted by Gasteiger charge is -2.19. The molecule has 0 spiro atoms. The van der Waals surface area contributed by atoms with Crippen molar-refractivity contribution in [3.05, 3.63) is 251 Å². The second kappa shape index (κ2) is 18.5. The normalized spacial score (nSPS) is 11.3. The van der Waals surface area contributed by atoms with Crippen LogP contribution in [-0.4, -0.2) is 9.13 Å². The average Bonchev–Trinajstić information content (AvgIpc) is 4.20. The second-order valence-electron chi connectivity index (χ2n) is 18.8. The molecule has 7 nitrogen and oxygen atoms in total. The van der Waals surface area contributed by atoms with E-state index in [-0.39, 0.29) is 0 Å². The fraction of sp³-hybridized carbons (Fsp3) is 0.0299. The number of rotatable bonds is 7. The van der Waals surface area contributed by atoms with E-state index >= 15 is 0 Å². The smallest absolute Gasteiger partial charge is 0.308 e. The summed E-state index contributed by atoms with van der Waals surface area (Å²) in [5, 5.41) is 34.4. The van der Waals surface area contributed by atoms with Gasteiger partial charge in [-0.3, -0.25) is 0 Å². The number of hydrogen-bond donors (Lipinski definition) is 0. The molecule has 0 N–H and O–H groups in total. The van der Waals surface area contributed by atoms with Crippen LogP contribution in [-0.2, 0) is 6.18 Å². The number of hydrogen-bond acceptors (Lipinski definition) is 3. The Kier molecular flexibility index (Phi) is 11.3. The van der Waals surface area contributed by atoms with Gasteiger partial charge in [-0.25, -0.2) is 9.69 Å². The first-order chi connectivity index (χ1) is 37.4. The van der Waals surface area contributed by atoms with Crippen molar-refractivity contribution in [1.29, 1.82) is 15.8 Å². The van der Waals surface area contributed by atoms with Crippen molar-refractivity contribution in [2.45, 2.75) is 13.1 Å². The Morgan fingerprint density at radius 2 is 0.727 bits per heavy atom. The minimum Gasteiger partial charge on any atom is -0.308 e. The lowest BCUT2D eigenvalue weighted by Crippen LogP contribution is -2.07. The van der Waals surface area contributed by atoms with Crippen molar-refractivity contribution in [3.63, 3.8) is 0 Å². The number of aromatic nitrogens is 2. The number of halogens is 3. The minimum absolute atomic E-state index is 0.306. The van der Waals surface area contributed by atoms with E-state index in [1.165, 1.54) is 6.07 Å². The van der Waals surface area contributed by atoms with Crippen molar-refractivity contribution < 1.29 is 13.2 Å². The molecule has 360 valence electrons. The summed E-state index contributed by atoms with van der Waals surface area (Å²) in [5.41, 5.74) is 14.4. The van der Waals surface area contributed by atoms with Gasteiger partial charge in [0, 0.05) is 21.5 Å². The van der Waals surface area contributed by atoms with Gasteiger partial charge in [0.1, 0.15) is 11.6 Å². The van der Waals surface area contributed by atoms with E-state index in [1.54, 1.807) is 55.5 Å². The van der Waals surface area contributed by atoms with E-state index in [0.29, 0.717) is 56.1 Å². The summed E-state index contributed by atoms with van der Waals surface area (Å²) in [5.74, 6) is 0. The zero-order chi connectivity index (χ0) is 53.1. The molecule has 0 unspecified atom stereocenters. The molecule has 2 heterocycles. The van der Waals surface area contributed by atoms with Gasteiger partial charge in [-0.15, -0.1) is 0 Å². The van der Waals surface area contributed by atoms with Gasteiger partial charge in [0.2, 0.25) is 0 Å². The van der Waals surface area contributed by atoms with Gasteiger partial charge in [0.05, 0.1) is 75.4 Å². The van der Waals surface area contributed by atoms with Crippen LogP contribution in [0.4, 0.5) is 24.5 Å². The monoisotopic (exact) mass is 995 g/mol. The summed E-state index contributed by atoms with van der Waals surface area (Å²) < 4.78 is 47.0. The highest BCUT2D eigenvalue weighted by Gasteiger charge is 2.31. The first-order valence-electron chi connectivity index (χ1n) is 24.4. The molecule has 0 amide bonds. The van der Waals surface area contributed by atoms with Crippen molar-refractivity contribution >= 4 is 55.0 Å². The maximum Gasteiger partial charge on any atom is 0.416 e. The molecule has 2 aromatic heterocycles. The third kappa shape index (κ3) is 8.15. The molecule has 12 rings (SSSR count). The maximum absolute atomic E-state index is 14.3. The number of fused-ring (bicyclic) bond motifs is 6. The van der Waals surface area contributed by atoms with Gasteiger partial charge in [-0.05, 0) is 165 Å². The van der Waals surface area contributed by atoms with Crippen LogP contribution in [0.1, 0.15) is 27.8 Å². The molecule has 0 radical (unpaired) electrons. The highest BCUT2D eigenvalue weighted by Crippen LogP contribution is 2.44. The Labute approximate surface area is 440 Å². The molecule has 10 aromatic carbocycles. The van der Waals surface area contributed by atoms with Crippen LogP contribution in [0, 0.1) is 54.1 Å². The number of nitriles is 3. The molecular weight excluding hydrogens is 960 g/mol. The highest BCUT2D eigenvalue weighted by atomic mass is 19.4. The zero-order valence-corrected chi connectivity index (χ0v) is 40.8. The average molecular weight is 996 g/mol. The summed E-state index contributed by atoms with van der Waals surface area (Å²) in [4.78, 5) is 7.17. The first kappa shape index (κ1) is 47.1. The van der Waals surface area contributed by atoms with E-state index in [2.05, 4.69) is 61.3 Å². The molecule has 0 bridgehead atoms. The van der Waals surface area contributed by atoms with E-state index < -0.39 is 11.7 Å². The molecule has 0 fully saturated rings.